The van der Waals surface area contributed by atoms with Crippen LogP contribution in [0.2, 0.25) is 0 Å². The van der Waals surface area contributed by atoms with Crippen molar-refractivity contribution in [3.63, 3.8) is 0 Å². The Bertz CT molecular complexity index is 680. The highest BCUT2D eigenvalue weighted by atomic mass is 79.9. The molecule has 1 N–H and O–H groups in total. The summed E-state index contributed by atoms with van der Waals surface area (Å²) in [6, 6.07) is 10.8. The van der Waals surface area contributed by atoms with E-state index in [1.54, 1.807) is 18.2 Å². The van der Waals surface area contributed by atoms with Crippen molar-refractivity contribution in [3.05, 3.63) is 63.6 Å². The third-order valence-corrected chi connectivity index (χ3v) is 3.57. The molecule has 5 heteroatoms. The Kier molecular flexibility index (Phi) is 4.35. The molecule has 0 aliphatic rings. The highest BCUT2D eigenvalue weighted by molar-refractivity contribution is 9.10. The number of nitrogens with zero attached hydrogens (tertiary/aromatic N) is 1. The Morgan fingerprint density at radius 1 is 1.15 bits per heavy atom. The maximum absolute atomic E-state index is 13.2. The molecule has 0 saturated carbocycles. The zero-order chi connectivity index (χ0) is 14.7. The molecule has 0 aromatic heterocycles. The van der Waals surface area contributed by atoms with E-state index in [2.05, 4.69) is 21.2 Å². The first-order valence-electron chi connectivity index (χ1n) is 5.92. The lowest BCUT2D eigenvalue weighted by Crippen LogP contribution is -2.07. The van der Waals surface area contributed by atoms with Crippen molar-refractivity contribution >= 4 is 21.6 Å². The summed E-state index contributed by atoms with van der Waals surface area (Å²) in [5.41, 5.74) is 1.96. The van der Waals surface area contributed by atoms with Crippen LogP contribution in [-0.4, -0.2) is 0 Å². The summed E-state index contributed by atoms with van der Waals surface area (Å²) in [5, 5.41) is 12.0. The lowest BCUT2D eigenvalue weighted by Gasteiger charge is -2.17. The van der Waals surface area contributed by atoms with Gasteiger partial charge < -0.3 is 5.32 Å². The summed E-state index contributed by atoms with van der Waals surface area (Å²) >= 11 is 3.37. The molecule has 2 aromatic carbocycles. The van der Waals surface area contributed by atoms with Crippen molar-refractivity contribution < 1.29 is 8.78 Å². The summed E-state index contributed by atoms with van der Waals surface area (Å²) in [6.45, 7) is 1.84. The molecule has 0 aliphatic carbocycles. The summed E-state index contributed by atoms with van der Waals surface area (Å²) in [7, 11) is 0. The number of rotatable bonds is 3. The van der Waals surface area contributed by atoms with Crippen LogP contribution in [-0.2, 0) is 0 Å². The Labute approximate surface area is 124 Å². The Morgan fingerprint density at radius 3 is 2.50 bits per heavy atom. The van der Waals surface area contributed by atoms with Gasteiger partial charge in [-0.3, -0.25) is 0 Å². The van der Waals surface area contributed by atoms with Gasteiger partial charge in [-0.05, 0) is 58.7 Å². The Balaban J connectivity index is 2.21. The van der Waals surface area contributed by atoms with Crippen LogP contribution in [0.4, 0.5) is 14.5 Å². The fourth-order valence-electron chi connectivity index (χ4n) is 1.80. The third kappa shape index (κ3) is 3.14. The maximum Gasteiger partial charge on any atom is 0.159 e. The predicted octanol–water partition coefficient (Wildman–Crippen LogP) is 4.77. The minimum atomic E-state index is -0.866. The van der Waals surface area contributed by atoms with Crippen LogP contribution < -0.4 is 5.32 Å². The number of halogens is 3. The standard InChI is InChI=1S/C15H11BrF2N2/c1-9(11-3-4-13(17)14(18)7-11)20-15-5-2-10(8-19)6-12(15)16/h2-7,9,20H,1H3. The van der Waals surface area contributed by atoms with Gasteiger partial charge in [0.05, 0.1) is 11.6 Å². The number of hydrogen-bond acceptors (Lipinski definition) is 2. The Hall–Kier alpha value is -1.93. The van der Waals surface area contributed by atoms with E-state index in [0.717, 1.165) is 16.2 Å². The molecule has 0 heterocycles. The summed E-state index contributed by atoms with van der Waals surface area (Å²) in [6.07, 6.45) is 0. The van der Waals surface area contributed by atoms with Gasteiger partial charge in [0.2, 0.25) is 0 Å². The largest absolute Gasteiger partial charge is 0.378 e. The minimum Gasteiger partial charge on any atom is -0.378 e. The smallest absolute Gasteiger partial charge is 0.159 e. The van der Waals surface area contributed by atoms with Crippen LogP contribution in [0, 0.1) is 23.0 Å². The molecule has 0 spiro atoms. The first kappa shape index (κ1) is 14.5. The molecule has 0 amide bonds. The van der Waals surface area contributed by atoms with Gasteiger partial charge in [0.15, 0.2) is 11.6 Å². The topological polar surface area (TPSA) is 35.8 Å². The molecular formula is C15H11BrF2N2. The van der Waals surface area contributed by atoms with Crippen molar-refractivity contribution in [3.8, 4) is 6.07 Å². The van der Waals surface area contributed by atoms with Crippen LogP contribution in [0.15, 0.2) is 40.9 Å². The molecule has 1 atom stereocenters. The molecule has 0 radical (unpaired) electrons. The first-order valence-corrected chi connectivity index (χ1v) is 6.71. The molecule has 0 saturated heterocycles. The van der Waals surface area contributed by atoms with E-state index in [4.69, 9.17) is 5.26 Å². The van der Waals surface area contributed by atoms with Gasteiger partial charge in [-0.1, -0.05) is 6.07 Å². The van der Waals surface area contributed by atoms with E-state index in [1.165, 1.54) is 12.1 Å². The van der Waals surface area contributed by atoms with Crippen molar-refractivity contribution in [2.75, 3.05) is 5.32 Å². The van der Waals surface area contributed by atoms with E-state index >= 15 is 0 Å². The fourth-order valence-corrected chi connectivity index (χ4v) is 2.29. The second kappa shape index (κ2) is 6.02. The normalized spacial score (nSPS) is 11.8. The van der Waals surface area contributed by atoms with Crippen molar-refractivity contribution in [2.24, 2.45) is 0 Å². The molecule has 102 valence electrons. The monoisotopic (exact) mass is 336 g/mol. The van der Waals surface area contributed by atoms with Crippen LogP contribution in [0.5, 0.6) is 0 Å². The summed E-state index contributed by atoms with van der Waals surface area (Å²) in [5.74, 6) is -1.73. The molecule has 2 nitrogen and oxygen atoms in total. The van der Waals surface area contributed by atoms with E-state index in [9.17, 15) is 8.78 Å². The summed E-state index contributed by atoms with van der Waals surface area (Å²) < 4.78 is 26.9. The zero-order valence-corrected chi connectivity index (χ0v) is 12.2. The highest BCUT2D eigenvalue weighted by Gasteiger charge is 2.10. The SMILES string of the molecule is CC(Nc1ccc(C#N)cc1Br)c1ccc(F)c(F)c1. The fraction of sp³-hybridized carbons (Fsp3) is 0.133. The van der Waals surface area contributed by atoms with Gasteiger partial charge in [-0.15, -0.1) is 0 Å². The van der Waals surface area contributed by atoms with E-state index in [-0.39, 0.29) is 6.04 Å². The molecule has 0 bridgehead atoms. The third-order valence-electron chi connectivity index (χ3n) is 2.91. The number of nitriles is 1. The Morgan fingerprint density at radius 2 is 1.90 bits per heavy atom. The van der Waals surface area contributed by atoms with E-state index in [1.807, 2.05) is 13.0 Å². The quantitative estimate of drug-likeness (QED) is 0.876. The van der Waals surface area contributed by atoms with Gasteiger partial charge in [0.25, 0.3) is 0 Å². The highest BCUT2D eigenvalue weighted by Crippen LogP contribution is 2.28. The lowest BCUT2D eigenvalue weighted by molar-refractivity contribution is 0.506. The van der Waals surface area contributed by atoms with Crippen LogP contribution in [0.3, 0.4) is 0 Å². The number of anilines is 1. The second-order valence-electron chi connectivity index (χ2n) is 4.35. The maximum atomic E-state index is 13.2. The minimum absolute atomic E-state index is 0.200. The molecule has 0 aliphatic heterocycles. The van der Waals surface area contributed by atoms with Crippen molar-refractivity contribution in [1.82, 2.24) is 0 Å². The number of hydrogen-bond donors (Lipinski definition) is 1. The average molecular weight is 337 g/mol. The average Bonchev–Trinajstić information content (AvgIpc) is 2.43. The molecule has 2 rings (SSSR count). The van der Waals surface area contributed by atoms with Gasteiger partial charge in [-0.25, -0.2) is 8.78 Å². The lowest BCUT2D eigenvalue weighted by atomic mass is 10.1. The van der Waals surface area contributed by atoms with E-state index < -0.39 is 11.6 Å². The molecule has 2 aromatic rings. The van der Waals surface area contributed by atoms with Crippen molar-refractivity contribution in [1.29, 1.82) is 5.26 Å². The van der Waals surface area contributed by atoms with Crippen LogP contribution in [0.25, 0.3) is 0 Å². The zero-order valence-electron chi connectivity index (χ0n) is 10.6. The van der Waals surface area contributed by atoms with Gasteiger partial charge in [-0.2, -0.15) is 5.26 Å². The molecule has 1 unspecified atom stereocenters. The van der Waals surface area contributed by atoms with Gasteiger partial charge in [0.1, 0.15) is 0 Å². The van der Waals surface area contributed by atoms with Gasteiger partial charge in [0, 0.05) is 16.2 Å². The second-order valence-corrected chi connectivity index (χ2v) is 5.20. The van der Waals surface area contributed by atoms with Crippen LogP contribution >= 0.6 is 15.9 Å². The van der Waals surface area contributed by atoms with Crippen LogP contribution in [0.1, 0.15) is 24.1 Å². The van der Waals surface area contributed by atoms with Crippen molar-refractivity contribution in [2.45, 2.75) is 13.0 Å². The first-order chi connectivity index (χ1) is 9.51. The molecular weight excluding hydrogens is 326 g/mol. The number of nitrogens with one attached hydrogen (secondary N) is 1. The predicted molar refractivity (Wildman–Crippen MR) is 77.3 cm³/mol. The van der Waals surface area contributed by atoms with E-state index in [0.29, 0.717) is 11.1 Å². The molecule has 20 heavy (non-hydrogen) atoms. The van der Waals surface area contributed by atoms with Gasteiger partial charge >= 0.3 is 0 Å². The summed E-state index contributed by atoms with van der Waals surface area (Å²) in [4.78, 5) is 0. The molecule has 0 fully saturated rings. The number of benzene rings is 2.